The van der Waals surface area contributed by atoms with Crippen molar-refractivity contribution < 1.29 is 28.7 Å². The van der Waals surface area contributed by atoms with E-state index in [1.54, 1.807) is 0 Å². The van der Waals surface area contributed by atoms with Crippen LogP contribution in [0.3, 0.4) is 0 Å². The molecule has 0 bridgehead atoms. The number of rotatable bonds is 23. The molecule has 0 aliphatic carbocycles. The molecule has 0 saturated heterocycles. The van der Waals surface area contributed by atoms with Crippen molar-refractivity contribution in [2.75, 3.05) is 19.7 Å². The lowest BCUT2D eigenvalue weighted by molar-refractivity contribution is -0.132. The van der Waals surface area contributed by atoms with Crippen LogP contribution in [-0.2, 0) is 43.2 Å². The van der Waals surface area contributed by atoms with E-state index in [1.807, 2.05) is 37.3 Å². The van der Waals surface area contributed by atoms with Gasteiger partial charge in [-0.1, -0.05) is 66.6 Å². The van der Waals surface area contributed by atoms with Crippen molar-refractivity contribution in [1.29, 1.82) is 0 Å². The van der Waals surface area contributed by atoms with Crippen LogP contribution >= 0.6 is 0 Å². The van der Waals surface area contributed by atoms with E-state index in [2.05, 4.69) is 72.4 Å². The number of aldehydes is 1. The molecule has 52 heavy (non-hydrogen) atoms. The van der Waals surface area contributed by atoms with Gasteiger partial charge in [0.15, 0.2) is 0 Å². The van der Waals surface area contributed by atoms with Crippen LogP contribution in [0.4, 0.5) is 0 Å². The smallest absolute Gasteiger partial charge is 0.243 e. The van der Waals surface area contributed by atoms with Crippen LogP contribution in [0.15, 0.2) is 60.7 Å². The topological polar surface area (TPSA) is 169 Å². The summed E-state index contributed by atoms with van der Waals surface area (Å²) < 4.78 is 5.92. The van der Waals surface area contributed by atoms with Crippen LogP contribution in [-0.4, -0.2) is 68.2 Å². The minimum absolute atomic E-state index is 0.167. The van der Waals surface area contributed by atoms with Crippen molar-refractivity contribution in [3.8, 4) is 16.9 Å². The molecule has 3 aromatic carbocycles. The monoisotopic (exact) mass is 713 g/mol. The van der Waals surface area contributed by atoms with Crippen LogP contribution in [0.25, 0.3) is 11.1 Å². The van der Waals surface area contributed by atoms with Gasteiger partial charge in [-0.25, -0.2) is 0 Å². The molecule has 3 atom stereocenters. The summed E-state index contributed by atoms with van der Waals surface area (Å²) in [5.74, 6) is -0.864. The molecule has 3 aromatic rings. The number of ether oxygens (including phenoxy) is 1. The lowest BCUT2D eigenvalue weighted by atomic mass is 9.95. The largest absolute Gasteiger partial charge is 0.494 e. The number of hydrogen-bond acceptors (Lipinski definition) is 7. The molecule has 0 saturated carbocycles. The summed E-state index contributed by atoms with van der Waals surface area (Å²) in [7, 11) is 0. The highest BCUT2D eigenvalue weighted by Gasteiger charge is 2.27. The summed E-state index contributed by atoms with van der Waals surface area (Å²) in [6.07, 6.45) is 5.88. The summed E-state index contributed by atoms with van der Waals surface area (Å²) in [5.41, 5.74) is 13.3. The summed E-state index contributed by atoms with van der Waals surface area (Å²) in [4.78, 5) is 61.4. The lowest BCUT2D eigenvalue weighted by Crippen LogP contribution is -2.56. The maximum Gasteiger partial charge on any atom is 0.243 e. The Kier molecular flexibility index (Phi) is 17.5. The summed E-state index contributed by atoms with van der Waals surface area (Å²) in [5, 5.41) is 10.5. The third kappa shape index (κ3) is 13.9. The van der Waals surface area contributed by atoms with Gasteiger partial charge in [0.2, 0.25) is 24.1 Å². The normalized spacial score (nSPS) is 12.6. The Balaban J connectivity index is 1.75. The van der Waals surface area contributed by atoms with Gasteiger partial charge in [-0.2, -0.15) is 0 Å². The number of unbranched alkanes of at least 4 members (excludes halogenated alkanes) is 1. The first-order valence-electron chi connectivity index (χ1n) is 18.2. The zero-order chi connectivity index (χ0) is 37.9. The van der Waals surface area contributed by atoms with Gasteiger partial charge in [-0.15, -0.1) is 0 Å². The van der Waals surface area contributed by atoms with E-state index >= 15 is 0 Å². The van der Waals surface area contributed by atoms with Crippen molar-refractivity contribution in [3.05, 3.63) is 88.5 Å². The second-order valence-electron chi connectivity index (χ2n) is 13.3. The quantitative estimate of drug-likeness (QED) is 0.0731. The Hall–Kier alpha value is -5.03. The molecular weight excluding hydrogens is 658 g/mol. The number of benzene rings is 3. The second-order valence-corrected chi connectivity index (χ2v) is 13.3. The average molecular weight is 714 g/mol. The SMILES string of the molecule is CCc1cc(OCCCCN)ccc1-c1ccc(C[C@H](NC(=O)C(CC=O)NC(=O)CNC=O)C(=O)NC(C)CCCc2cc(C)cc(C)c2)cc1. The number of carbonyl (C=O) groups is 5. The van der Waals surface area contributed by atoms with Gasteiger partial charge in [-0.05, 0) is 106 Å². The highest BCUT2D eigenvalue weighted by Crippen LogP contribution is 2.29. The van der Waals surface area contributed by atoms with Gasteiger partial charge >= 0.3 is 0 Å². The molecule has 0 aliphatic heterocycles. The number of amides is 4. The third-order valence-electron chi connectivity index (χ3n) is 8.76. The van der Waals surface area contributed by atoms with Gasteiger partial charge < -0.3 is 36.5 Å². The molecule has 6 N–H and O–H groups in total. The highest BCUT2D eigenvalue weighted by molar-refractivity contribution is 5.94. The minimum Gasteiger partial charge on any atom is -0.494 e. The molecule has 0 radical (unpaired) electrons. The van der Waals surface area contributed by atoms with Gasteiger partial charge in [0.1, 0.15) is 24.1 Å². The van der Waals surface area contributed by atoms with Crippen molar-refractivity contribution in [1.82, 2.24) is 21.3 Å². The van der Waals surface area contributed by atoms with Crippen LogP contribution < -0.4 is 31.7 Å². The van der Waals surface area contributed by atoms with Gasteiger partial charge in [0.25, 0.3) is 0 Å². The zero-order valence-corrected chi connectivity index (χ0v) is 31.0. The Labute approximate surface area is 307 Å². The third-order valence-corrected chi connectivity index (χ3v) is 8.76. The van der Waals surface area contributed by atoms with Crippen LogP contribution in [0.1, 0.15) is 73.8 Å². The molecule has 0 aromatic heterocycles. The van der Waals surface area contributed by atoms with Crippen molar-refractivity contribution in [2.45, 2.75) is 97.2 Å². The van der Waals surface area contributed by atoms with E-state index in [9.17, 15) is 24.0 Å². The van der Waals surface area contributed by atoms with Crippen LogP contribution in [0.5, 0.6) is 5.75 Å². The highest BCUT2D eigenvalue weighted by atomic mass is 16.5. The van der Waals surface area contributed by atoms with Gasteiger partial charge in [-0.3, -0.25) is 19.2 Å². The summed E-state index contributed by atoms with van der Waals surface area (Å²) >= 11 is 0. The number of carbonyl (C=O) groups excluding carboxylic acids is 5. The van der Waals surface area contributed by atoms with Gasteiger partial charge in [0, 0.05) is 18.9 Å². The number of nitrogens with one attached hydrogen (secondary N) is 4. The molecule has 3 rings (SSSR count). The fraction of sp³-hybridized carbons (Fsp3) is 0.439. The Morgan fingerprint density at radius 3 is 2.19 bits per heavy atom. The van der Waals surface area contributed by atoms with E-state index in [1.165, 1.54) is 16.7 Å². The van der Waals surface area contributed by atoms with Crippen LogP contribution in [0.2, 0.25) is 0 Å². The standard InChI is InChI=1S/C41H55N5O6/c1-5-33-25-35(52-20-7-6-18-42)15-16-36(33)34-13-11-31(12-14-34)24-38(46-40(50)37(17-19-47)45-39(49)26-43-27-48)41(51)44-30(4)9-8-10-32-22-28(2)21-29(3)23-32/h11-16,19,21-23,25,27,30,37-38H,5-10,17-18,20,24,26,42H2,1-4H3,(H,43,48)(H,44,51)(H,45,49)(H,46,50)/t30?,37?,38-/m0/s1. The molecule has 2 unspecified atom stereocenters. The van der Waals surface area contributed by atoms with Crippen molar-refractivity contribution in [2.24, 2.45) is 5.73 Å². The Morgan fingerprint density at radius 2 is 1.54 bits per heavy atom. The molecule has 11 nitrogen and oxygen atoms in total. The molecule has 11 heteroatoms. The van der Waals surface area contributed by atoms with E-state index in [-0.39, 0.29) is 31.3 Å². The number of hydrogen-bond donors (Lipinski definition) is 5. The fourth-order valence-electron chi connectivity index (χ4n) is 6.16. The maximum absolute atomic E-state index is 13.7. The molecule has 0 spiro atoms. The first-order valence-corrected chi connectivity index (χ1v) is 18.2. The first kappa shape index (κ1) is 41.4. The second kappa shape index (κ2) is 22.0. The predicted octanol–water partition coefficient (Wildman–Crippen LogP) is 4.03. The zero-order valence-electron chi connectivity index (χ0n) is 31.0. The minimum atomic E-state index is -1.22. The molecule has 0 heterocycles. The maximum atomic E-state index is 13.7. The number of nitrogens with two attached hydrogens (primary N) is 1. The van der Waals surface area contributed by atoms with E-state index < -0.39 is 23.9 Å². The van der Waals surface area contributed by atoms with E-state index in [4.69, 9.17) is 10.5 Å². The predicted molar refractivity (Wildman–Crippen MR) is 204 cm³/mol. The lowest BCUT2D eigenvalue weighted by Gasteiger charge is -2.24. The first-order chi connectivity index (χ1) is 25.1. The molecular formula is C41H55N5O6. The Morgan fingerprint density at radius 1 is 0.827 bits per heavy atom. The average Bonchev–Trinajstić information content (AvgIpc) is 3.11. The van der Waals surface area contributed by atoms with Crippen molar-refractivity contribution in [3.63, 3.8) is 0 Å². The van der Waals surface area contributed by atoms with Crippen LogP contribution in [0, 0.1) is 13.8 Å². The van der Waals surface area contributed by atoms with E-state index in [0.717, 1.165) is 66.5 Å². The molecule has 0 fully saturated rings. The molecule has 280 valence electrons. The molecule has 4 amide bonds. The fourth-order valence-corrected chi connectivity index (χ4v) is 6.16. The van der Waals surface area contributed by atoms with Crippen molar-refractivity contribution >= 4 is 30.4 Å². The summed E-state index contributed by atoms with van der Waals surface area (Å²) in [6, 6.07) is 18.1. The van der Waals surface area contributed by atoms with E-state index in [0.29, 0.717) is 25.8 Å². The molecule has 0 aliphatic rings. The Bertz CT molecular complexity index is 1610. The van der Waals surface area contributed by atoms with Gasteiger partial charge in [0.05, 0.1) is 13.2 Å². The summed E-state index contributed by atoms with van der Waals surface area (Å²) in [6.45, 7) is 9.10. The number of aryl methyl sites for hydroxylation is 4.